The molecule has 1 fully saturated rings. The Morgan fingerprint density at radius 1 is 1.35 bits per heavy atom. The number of carbonyl (C=O) groups excluding carboxylic acids is 1. The van der Waals surface area contributed by atoms with Crippen LogP contribution in [0.2, 0.25) is 0 Å². The highest BCUT2D eigenvalue weighted by molar-refractivity contribution is 5.79. The van der Waals surface area contributed by atoms with Gasteiger partial charge in [0, 0.05) is 6.54 Å². The summed E-state index contributed by atoms with van der Waals surface area (Å²) in [5.41, 5.74) is 2.48. The van der Waals surface area contributed by atoms with Crippen LogP contribution in [0.4, 0.5) is 0 Å². The molecule has 1 aliphatic heterocycles. The van der Waals surface area contributed by atoms with Gasteiger partial charge in [-0.15, -0.1) is 0 Å². The van der Waals surface area contributed by atoms with Gasteiger partial charge in [0.05, 0.1) is 12.0 Å². The average Bonchev–Trinajstić information content (AvgIpc) is 2.46. The minimum Gasteiger partial charge on any atom is -0.349 e. The van der Waals surface area contributed by atoms with E-state index in [1.54, 1.807) is 0 Å². The summed E-state index contributed by atoms with van der Waals surface area (Å²) in [6.07, 6.45) is 2.09. The van der Waals surface area contributed by atoms with E-state index >= 15 is 0 Å². The molecule has 2 atom stereocenters. The number of hydrogen-bond donors (Lipinski definition) is 2. The highest BCUT2D eigenvalue weighted by Crippen LogP contribution is 2.25. The van der Waals surface area contributed by atoms with Crippen LogP contribution in [0.5, 0.6) is 0 Å². The Morgan fingerprint density at radius 3 is 2.70 bits per heavy atom. The Morgan fingerprint density at radius 2 is 2.10 bits per heavy atom. The van der Waals surface area contributed by atoms with Gasteiger partial charge >= 0.3 is 0 Å². The number of carbonyl (C=O) groups is 1. The van der Waals surface area contributed by atoms with Crippen molar-refractivity contribution in [3.63, 3.8) is 0 Å². The van der Waals surface area contributed by atoms with Crippen LogP contribution in [0.25, 0.3) is 0 Å². The summed E-state index contributed by atoms with van der Waals surface area (Å²) >= 11 is 0. The number of rotatable bonds is 4. The molecule has 0 radical (unpaired) electrons. The molecule has 2 rings (SSSR count). The fourth-order valence-electron chi connectivity index (χ4n) is 2.89. The fraction of sp³-hybridized carbons (Fsp3) is 0.588. The van der Waals surface area contributed by atoms with Gasteiger partial charge in [0.15, 0.2) is 0 Å². The molecule has 3 nitrogen and oxygen atoms in total. The summed E-state index contributed by atoms with van der Waals surface area (Å²) in [5.74, 6) is 0.699. The minimum absolute atomic E-state index is 0.102. The van der Waals surface area contributed by atoms with Crippen molar-refractivity contribution in [2.75, 3.05) is 13.1 Å². The quantitative estimate of drug-likeness (QED) is 0.886. The van der Waals surface area contributed by atoms with Crippen LogP contribution in [0.1, 0.15) is 43.9 Å². The number of amides is 1. The highest BCUT2D eigenvalue weighted by Gasteiger charge is 2.25. The SMILES string of the molecule is Cc1ccccc1C(NC(=O)C1CCCNC1)C(C)C. The molecule has 20 heavy (non-hydrogen) atoms. The Balaban J connectivity index is 2.10. The minimum atomic E-state index is 0.102. The van der Waals surface area contributed by atoms with E-state index in [0.29, 0.717) is 5.92 Å². The van der Waals surface area contributed by atoms with Crippen molar-refractivity contribution >= 4 is 5.91 Å². The van der Waals surface area contributed by atoms with Gasteiger partial charge in [0.1, 0.15) is 0 Å². The largest absolute Gasteiger partial charge is 0.349 e. The molecule has 1 aromatic carbocycles. The zero-order chi connectivity index (χ0) is 14.5. The van der Waals surface area contributed by atoms with Gasteiger partial charge in [-0.3, -0.25) is 4.79 Å². The molecule has 0 aliphatic carbocycles. The van der Waals surface area contributed by atoms with Crippen molar-refractivity contribution in [1.29, 1.82) is 0 Å². The molecule has 1 saturated heterocycles. The van der Waals surface area contributed by atoms with Crippen molar-refractivity contribution < 1.29 is 4.79 Å². The monoisotopic (exact) mass is 274 g/mol. The third kappa shape index (κ3) is 3.60. The molecule has 2 N–H and O–H groups in total. The number of benzene rings is 1. The van der Waals surface area contributed by atoms with Gasteiger partial charge in [0.2, 0.25) is 5.91 Å². The van der Waals surface area contributed by atoms with Gasteiger partial charge in [-0.25, -0.2) is 0 Å². The summed E-state index contributed by atoms with van der Waals surface area (Å²) in [4.78, 5) is 12.4. The smallest absolute Gasteiger partial charge is 0.224 e. The lowest BCUT2D eigenvalue weighted by atomic mass is 9.91. The van der Waals surface area contributed by atoms with Gasteiger partial charge in [-0.2, -0.15) is 0 Å². The Bertz CT molecular complexity index is 450. The molecule has 1 aromatic rings. The molecule has 110 valence electrons. The lowest BCUT2D eigenvalue weighted by Gasteiger charge is -2.28. The van der Waals surface area contributed by atoms with E-state index in [1.807, 2.05) is 12.1 Å². The van der Waals surface area contributed by atoms with E-state index in [2.05, 4.69) is 43.5 Å². The maximum Gasteiger partial charge on any atom is 0.224 e. The molecular formula is C17H26N2O. The number of piperidine rings is 1. The number of nitrogens with one attached hydrogen (secondary N) is 2. The Labute approximate surface area is 122 Å². The van der Waals surface area contributed by atoms with E-state index in [0.717, 1.165) is 25.9 Å². The van der Waals surface area contributed by atoms with Crippen LogP contribution in [-0.2, 0) is 4.79 Å². The maximum absolute atomic E-state index is 12.4. The lowest BCUT2D eigenvalue weighted by molar-refractivity contribution is -0.126. The van der Waals surface area contributed by atoms with Crippen molar-refractivity contribution in [3.05, 3.63) is 35.4 Å². The third-order valence-corrected chi connectivity index (χ3v) is 4.16. The highest BCUT2D eigenvalue weighted by atomic mass is 16.2. The van der Waals surface area contributed by atoms with Crippen LogP contribution in [-0.4, -0.2) is 19.0 Å². The van der Waals surface area contributed by atoms with Crippen LogP contribution < -0.4 is 10.6 Å². The van der Waals surface area contributed by atoms with Gasteiger partial charge < -0.3 is 10.6 Å². The zero-order valence-corrected chi connectivity index (χ0v) is 12.8. The van der Waals surface area contributed by atoms with E-state index in [4.69, 9.17) is 0 Å². The molecular weight excluding hydrogens is 248 g/mol. The maximum atomic E-state index is 12.4. The molecule has 1 amide bonds. The molecule has 1 aliphatic rings. The van der Waals surface area contributed by atoms with Crippen molar-refractivity contribution in [2.45, 2.75) is 39.7 Å². The van der Waals surface area contributed by atoms with Crippen molar-refractivity contribution in [1.82, 2.24) is 10.6 Å². The topological polar surface area (TPSA) is 41.1 Å². The van der Waals surface area contributed by atoms with E-state index in [1.165, 1.54) is 11.1 Å². The average molecular weight is 274 g/mol. The summed E-state index contributed by atoms with van der Waals surface area (Å²) < 4.78 is 0. The van der Waals surface area contributed by atoms with E-state index in [-0.39, 0.29) is 17.9 Å². The summed E-state index contributed by atoms with van der Waals surface area (Å²) in [6.45, 7) is 8.28. The fourth-order valence-corrected chi connectivity index (χ4v) is 2.89. The van der Waals surface area contributed by atoms with Crippen LogP contribution >= 0.6 is 0 Å². The zero-order valence-electron chi connectivity index (χ0n) is 12.8. The van der Waals surface area contributed by atoms with E-state index < -0.39 is 0 Å². The van der Waals surface area contributed by atoms with Gasteiger partial charge in [-0.1, -0.05) is 38.1 Å². The third-order valence-electron chi connectivity index (χ3n) is 4.16. The van der Waals surface area contributed by atoms with Crippen molar-refractivity contribution in [2.24, 2.45) is 11.8 Å². The Kier molecular flexibility index (Phi) is 5.18. The first-order valence-electron chi connectivity index (χ1n) is 7.66. The van der Waals surface area contributed by atoms with E-state index in [9.17, 15) is 4.79 Å². The first-order valence-corrected chi connectivity index (χ1v) is 7.66. The molecule has 3 heteroatoms. The standard InChI is InChI=1S/C17H26N2O/c1-12(2)16(15-9-5-4-7-13(15)3)19-17(20)14-8-6-10-18-11-14/h4-5,7,9,12,14,16,18H,6,8,10-11H2,1-3H3,(H,19,20). The first-order chi connectivity index (χ1) is 9.59. The second-order valence-corrected chi connectivity index (χ2v) is 6.13. The van der Waals surface area contributed by atoms with Crippen LogP contribution in [0, 0.1) is 18.8 Å². The predicted octanol–water partition coefficient (Wildman–Crippen LogP) is 2.81. The number of aryl methyl sites for hydroxylation is 1. The van der Waals surface area contributed by atoms with Crippen LogP contribution in [0.15, 0.2) is 24.3 Å². The molecule has 0 spiro atoms. The molecule has 1 heterocycles. The number of hydrogen-bond acceptors (Lipinski definition) is 2. The normalized spacial score (nSPS) is 20.7. The lowest BCUT2D eigenvalue weighted by Crippen LogP contribution is -2.43. The second kappa shape index (κ2) is 6.89. The Hall–Kier alpha value is -1.35. The predicted molar refractivity (Wildman–Crippen MR) is 82.5 cm³/mol. The first kappa shape index (κ1) is 15.0. The molecule has 0 saturated carbocycles. The second-order valence-electron chi connectivity index (χ2n) is 6.13. The van der Waals surface area contributed by atoms with Gasteiger partial charge in [-0.05, 0) is 43.4 Å². The summed E-state index contributed by atoms with van der Waals surface area (Å²) in [5, 5.41) is 6.57. The summed E-state index contributed by atoms with van der Waals surface area (Å²) in [7, 11) is 0. The summed E-state index contributed by atoms with van der Waals surface area (Å²) in [6, 6.07) is 8.43. The molecule has 0 bridgehead atoms. The van der Waals surface area contributed by atoms with Crippen LogP contribution in [0.3, 0.4) is 0 Å². The molecule has 0 aromatic heterocycles. The van der Waals surface area contributed by atoms with Gasteiger partial charge in [0.25, 0.3) is 0 Å². The van der Waals surface area contributed by atoms with Crippen molar-refractivity contribution in [3.8, 4) is 0 Å². The molecule has 2 unspecified atom stereocenters.